The molecule has 98 valence electrons. The van der Waals surface area contributed by atoms with Crippen LogP contribution in [0, 0.1) is 22.7 Å². The van der Waals surface area contributed by atoms with Gasteiger partial charge < -0.3 is 4.74 Å². The third kappa shape index (κ3) is 3.47. The van der Waals surface area contributed by atoms with Crippen molar-refractivity contribution in [1.29, 1.82) is 10.5 Å². The molecule has 1 saturated carbocycles. The Morgan fingerprint density at radius 3 is 2.74 bits per heavy atom. The van der Waals surface area contributed by atoms with Gasteiger partial charge in [-0.15, -0.1) is 0 Å². The Balaban J connectivity index is 2.09. The third-order valence-electron chi connectivity index (χ3n) is 3.35. The van der Waals surface area contributed by atoms with E-state index in [0.29, 0.717) is 23.8 Å². The van der Waals surface area contributed by atoms with E-state index in [1.54, 1.807) is 13.2 Å². The molecule has 0 amide bonds. The van der Waals surface area contributed by atoms with Crippen molar-refractivity contribution in [3.8, 4) is 17.9 Å². The van der Waals surface area contributed by atoms with Crippen molar-refractivity contribution < 1.29 is 4.74 Å². The predicted molar refractivity (Wildman–Crippen MR) is 71.4 cm³/mol. The molecule has 0 N–H and O–H groups in total. The summed E-state index contributed by atoms with van der Waals surface area (Å²) in [6, 6.07) is 10.6. The number of benzene rings is 1. The van der Waals surface area contributed by atoms with Crippen molar-refractivity contribution in [1.82, 2.24) is 4.90 Å². The molecule has 0 radical (unpaired) electrons. The first-order valence-electron chi connectivity index (χ1n) is 6.46. The molecule has 0 spiro atoms. The Bertz CT molecular complexity index is 523. The monoisotopic (exact) mass is 255 g/mol. The first-order chi connectivity index (χ1) is 9.28. The molecule has 1 aromatic rings. The molecule has 1 aliphatic carbocycles. The summed E-state index contributed by atoms with van der Waals surface area (Å²) in [5.74, 6) is 0.621. The van der Waals surface area contributed by atoms with Crippen LogP contribution in [0.25, 0.3) is 0 Å². The van der Waals surface area contributed by atoms with Crippen LogP contribution in [0.1, 0.15) is 30.4 Å². The van der Waals surface area contributed by atoms with E-state index in [-0.39, 0.29) is 0 Å². The lowest BCUT2D eigenvalue weighted by atomic mass is 10.1. The Morgan fingerprint density at radius 2 is 2.16 bits per heavy atom. The van der Waals surface area contributed by atoms with Crippen LogP contribution in [0.4, 0.5) is 0 Å². The molecule has 2 rings (SSSR count). The Kier molecular flexibility index (Phi) is 4.39. The molecule has 4 nitrogen and oxygen atoms in total. The van der Waals surface area contributed by atoms with Gasteiger partial charge in [0.2, 0.25) is 0 Å². The fourth-order valence-corrected chi connectivity index (χ4v) is 2.18. The Labute approximate surface area is 113 Å². The van der Waals surface area contributed by atoms with Gasteiger partial charge in [0.25, 0.3) is 0 Å². The zero-order chi connectivity index (χ0) is 13.7. The summed E-state index contributed by atoms with van der Waals surface area (Å²) in [4.78, 5) is 2.34. The van der Waals surface area contributed by atoms with Crippen molar-refractivity contribution in [2.45, 2.75) is 31.8 Å². The van der Waals surface area contributed by atoms with Crippen molar-refractivity contribution in [2.75, 3.05) is 13.7 Å². The van der Waals surface area contributed by atoms with Crippen LogP contribution in [0.2, 0.25) is 0 Å². The zero-order valence-corrected chi connectivity index (χ0v) is 11.1. The van der Waals surface area contributed by atoms with Gasteiger partial charge in [0.05, 0.1) is 18.7 Å². The van der Waals surface area contributed by atoms with Crippen LogP contribution >= 0.6 is 0 Å². The number of rotatable bonds is 6. The molecule has 0 aliphatic heterocycles. The van der Waals surface area contributed by atoms with Crippen molar-refractivity contribution >= 4 is 0 Å². The second-order valence-electron chi connectivity index (χ2n) is 4.76. The van der Waals surface area contributed by atoms with E-state index < -0.39 is 0 Å². The second kappa shape index (κ2) is 6.22. The highest BCUT2D eigenvalue weighted by atomic mass is 16.5. The first-order valence-corrected chi connectivity index (χ1v) is 6.46. The van der Waals surface area contributed by atoms with E-state index in [2.05, 4.69) is 17.0 Å². The third-order valence-corrected chi connectivity index (χ3v) is 3.35. The van der Waals surface area contributed by atoms with Crippen LogP contribution in [0.15, 0.2) is 18.2 Å². The fraction of sp³-hybridized carbons (Fsp3) is 0.467. The summed E-state index contributed by atoms with van der Waals surface area (Å²) in [7, 11) is 1.58. The minimum absolute atomic E-state index is 0.557. The molecule has 0 aromatic heterocycles. The van der Waals surface area contributed by atoms with Crippen LogP contribution < -0.4 is 4.74 Å². The molecule has 1 fully saturated rings. The molecular formula is C15H17N3O. The van der Waals surface area contributed by atoms with Gasteiger partial charge in [0.1, 0.15) is 11.8 Å². The van der Waals surface area contributed by atoms with Crippen LogP contribution in [-0.2, 0) is 6.54 Å². The molecule has 0 saturated heterocycles. The highest BCUT2D eigenvalue weighted by Gasteiger charge is 2.28. The maximum atomic E-state index is 8.96. The lowest BCUT2D eigenvalue weighted by Gasteiger charge is -2.21. The average Bonchev–Trinajstić information content (AvgIpc) is 3.27. The van der Waals surface area contributed by atoms with Crippen LogP contribution in [-0.4, -0.2) is 24.6 Å². The molecule has 0 bridgehead atoms. The van der Waals surface area contributed by atoms with E-state index in [0.717, 1.165) is 18.7 Å². The molecular weight excluding hydrogens is 238 g/mol. The largest absolute Gasteiger partial charge is 0.495 e. The van der Waals surface area contributed by atoms with E-state index in [4.69, 9.17) is 15.3 Å². The van der Waals surface area contributed by atoms with Crippen LogP contribution in [0.5, 0.6) is 5.75 Å². The second-order valence-corrected chi connectivity index (χ2v) is 4.76. The number of methoxy groups -OCH3 is 1. The highest BCUT2D eigenvalue weighted by molar-refractivity contribution is 5.45. The normalized spacial score (nSPS) is 13.9. The molecule has 1 aromatic carbocycles. The zero-order valence-electron chi connectivity index (χ0n) is 11.1. The Hall–Kier alpha value is -2.04. The van der Waals surface area contributed by atoms with Gasteiger partial charge in [-0.25, -0.2) is 0 Å². The summed E-state index contributed by atoms with van der Waals surface area (Å²) in [5.41, 5.74) is 1.68. The summed E-state index contributed by atoms with van der Waals surface area (Å²) < 4.78 is 5.22. The fourth-order valence-electron chi connectivity index (χ4n) is 2.18. The number of ether oxygens (including phenoxy) is 1. The quantitative estimate of drug-likeness (QED) is 0.783. The van der Waals surface area contributed by atoms with Gasteiger partial charge in [-0.2, -0.15) is 10.5 Å². The summed E-state index contributed by atoms with van der Waals surface area (Å²) in [6.45, 7) is 1.62. The van der Waals surface area contributed by atoms with Crippen molar-refractivity contribution in [3.05, 3.63) is 29.3 Å². The summed E-state index contributed by atoms with van der Waals surface area (Å²) >= 11 is 0. The minimum atomic E-state index is 0.557. The molecule has 4 heteroatoms. The van der Waals surface area contributed by atoms with Crippen molar-refractivity contribution in [3.63, 3.8) is 0 Å². The molecule has 0 atom stereocenters. The van der Waals surface area contributed by atoms with Crippen molar-refractivity contribution in [2.24, 2.45) is 0 Å². The van der Waals surface area contributed by atoms with Gasteiger partial charge in [-0.1, -0.05) is 6.07 Å². The number of hydrogen-bond donors (Lipinski definition) is 0. The number of nitriles is 2. The summed E-state index contributed by atoms with van der Waals surface area (Å²) in [5, 5.41) is 17.7. The van der Waals surface area contributed by atoms with Gasteiger partial charge in [-0.3, -0.25) is 4.90 Å². The van der Waals surface area contributed by atoms with Crippen LogP contribution in [0.3, 0.4) is 0 Å². The van der Waals surface area contributed by atoms with E-state index in [1.165, 1.54) is 12.8 Å². The highest BCUT2D eigenvalue weighted by Crippen LogP contribution is 2.29. The van der Waals surface area contributed by atoms with E-state index in [1.807, 2.05) is 12.1 Å². The van der Waals surface area contributed by atoms with Gasteiger partial charge >= 0.3 is 0 Å². The molecule has 19 heavy (non-hydrogen) atoms. The maximum Gasteiger partial charge on any atom is 0.136 e. The number of nitrogens with zero attached hydrogens (tertiary/aromatic N) is 3. The number of hydrogen-bond acceptors (Lipinski definition) is 4. The minimum Gasteiger partial charge on any atom is -0.495 e. The van der Waals surface area contributed by atoms with Gasteiger partial charge in [-0.05, 0) is 30.5 Å². The topological polar surface area (TPSA) is 60.0 Å². The lowest BCUT2D eigenvalue weighted by Crippen LogP contribution is -2.26. The molecule has 0 heterocycles. The molecule has 1 aliphatic rings. The average molecular weight is 255 g/mol. The smallest absolute Gasteiger partial charge is 0.136 e. The summed E-state index contributed by atoms with van der Waals surface area (Å²) in [6.07, 6.45) is 3.00. The molecule has 0 unspecified atom stereocenters. The van der Waals surface area contributed by atoms with E-state index >= 15 is 0 Å². The lowest BCUT2D eigenvalue weighted by molar-refractivity contribution is 0.260. The predicted octanol–water partition coefficient (Wildman–Crippen LogP) is 2.44. The van der Waals surface area contributed by atoms with Gasteiger partial charge in [0, 0.05) is 25.6 Å². The Morgan fingerprint density at radius 1 is 1.37 bits per heavy atom. The van der Waals surface area contributed by atoms with Gasteiger partial charge in [0.15, 0.2) is 0 Å². The standard InChI is InChI=1S/C15H17N3O/c1-19-15-9-12(3-4-13(15)10-17)11-18(8-2-7-16)14-5-6-14/h3-4,9,14H,2,5-6,8,11H2,1H3. The van der Waals surface area contributed by atoms with E-state index in [9.17, 15) is 0 Å². The maximum absolute atomic E-state index is 8.96. The SMILES string of the molecule is COc1cc(CN(CCC#N)C2CC2)ccc1C#N. The first kappa shape index (κ1) is 13.4.